The van der Waals surface area contributed by atoms with Gasteiger partial charge in [-0.25, -0.2) is 13.8 Å². The average molecular weight is 258 g/mol. The van der Waals surface area contributed by atoms with Crippen molar-refractivity contribution in [1.29, 1.82) is 0 Å². The highest BCUT2D eigenvalue weighted by molar-refractivity contribution is 6.29. The highest BCUT2D eigenvalue weighted by Crippen LogP contribution is 2.17. The van der Waals surface area contributed by atoms with E-state index in [0.717, 1.165) is 6.07 Å². The number of aromatic nitrogens is 2. The summed E-state index contributed by atoms with van der Waals surface area (Å²) >= 11 is 5.81. The Hall–Kier alpha value is -1.62. The number of halogens is 3. The Morgan fingerprint density at radius 1 is 1.41 bits per heavy atom. The number of benzene rings is 1. The average Bonchev–Trinajstić information content (AvgIpc) is 2.62. The molecular weight excluding hydrogens is 248 g/mol. The Kier molecular flexibility index (Phi) is 3.28. The van der Waals surface area contributed by atoms with Crippen LogP contribution in [0.15, 0.2) is 24.4 Å². The first-order valence-corrected chi connectivity index (χ1v) is 5.31. The van der Waals surface area contributed by atoms with E-state index in [1.54, 1.807) is 11.6 Å². The molecule has 0 spiro atoms. The Morgan fingerprint density at radius 2 is 2.18 bits per heavy atom. The molecule has 0 aliphatic carbocycles. The van der Waals surface area contributed by atoms with Gasteiger partial charge in [-0.3, -0.25) is 0 Å². The molecule has 3 nitrogen and oxygen atoms in total. The van der Waals surface area contributed by atoms with Crippen molar-refractivity contribution in [1.82, 2.24) is 9.55 Å². The molecule has 0 saturated carbocycles. The zero-order valence-electron chi connectivity index (χ0n) is 9.04. The minimum absolute atomic E-state index is 0.101. The van der Waals surface area contributed by atoms with Gasteiger partial charge in [-0.05, 0) is 12.1 Å². The first-order valence-electron chi connectivity index (χ1n) is 4.93. The van der Waals surface area contributed by atoms with E-state index in [1.807, 2.05) is 0 Å². The Balaban J connectivity index is 2.13. The van der Waals surface area contributed by atoms with Crippen LogP contribution in [0.4, 0.5) is 14.5 Å². The van der Waals surface area contributed by atoms with Crippen molar-refractivity contribution in [3.63, 3.8) is 0 Å². The molecule has 0 saturated heterocycles. The lowest BCUT2D eigenvalue weighted by Gasteiger charge is -2.08. The molecule has 1 N–H and O–H groups in total. The number of nitrogens with zero attached hydrogens (tertiary/aromatic N) is 2. The first kappa shape index (κ1) is 11.9. The Bertz CT molecular complexity index is 540. The van der Waals surface area contributed by atoms with Crippen LogP contribution in [0.2, 0.25) is 5.15 Å². The van der Waals surface area contributed by atoms with Crippen LogP contribution in [0.5, 0.6) is 0 Å². The molecule has 1 aromatic carbocycles. The summed E-state index contributed by atoms with van der Waals surface area (Å²) in [4.78, 5) is 4.03. The molecule has 1 aromatic heterocycles. The van der Waals surface area contributed by atoms with E-state index in [1.165, 1.54) is 18.3 Å². The third-order valence-electron chi connectivity index (χ3n) is 2.42. The van der Waals surface area contributed by atoms with Gasteiger partial charge in [-0.2, -0.15) is 0 Å². The van der Waals surface area contributed by atoms with E-state index in [0.29, 0.717) is 11.0 Å². The summed E-state index contributed by atoms with van der Waals surface area (Å²) in [6, 6.07) is 3.97. The van der Waals surface area contributed by atoms with Crippen LogP contribution in [0.3, 0.4) is 0 Å². The van der Waals surface area contributed by atoms with E-state index in [2.05, 4.69) is 10.3 Å². The van der Waals surface area contributed by atoms with Crippen molar-refractivity contribution in [3.05, 3.63) is 47.0 Å². The number of imidazole rings is 1. The van der Waals surface area contributed by atoms with Gasteiger partial charge in [0.1, 0.15) is 11.0 Å². The zero-order valence-corrected chi connectivity index (χ0v) is 9.80. The van der Waals surface area contributed by atoms with Crippen molar-refractivity contribution in [2.45, 2.75) is 6.54 Å². The normalized spacial score (nSPS) is 10.6. The molecule has 0 aliphatic heterocycles. The highest BCUT2D eigenvalue weighted by atomic mass is 35.5. The van der Waals surface area contributed by atoms with Gasteiger partial charge in [-0.1, -0.05) is 17.7 Å². The molecule has 0 amide bonds. The first-order chi connectivity index (χ1) is 8.09. The van der Waals surface area contributed by atoms with E-state index in [9.17, 15) is 8.78 Å². The molecule has 2 aromatic rings. The predicted molar refractivity (Wildman–Crippen MR) is 61.9 cm³/mol. The quantitative estimate of drug-likeness (QED) is 0.916. The minimum atomic E-state index is -0.896. The Labute approximate surface area is 102 Å². The molecule has 2 rings (SSSR count). The monoisotopic (exact) mass is 257 g/mol. The maximum atomic E-state index is 13.3. The van der Waals surface area contributed by atoms with Gasteiger partial charge in [-0.15, -0.1) is 0 Å². The predicted octanol–water partition coefficient (Wildman–Crippen LogP) is 2.96. The standard InChI is InChI=1S/C11H10ClF2N3/c1-17-9(12)5-16-10(17)6-15-8-4-2-3-7(13)11(8)14/h2-5,15H,6H2,1H3. The van der Waals surface area contributed by atoms with Gasteiger partial charge in [0.2, 0.25) is 0 Å². The molecule has 90 valence electrons. The molecule has 0 aliphatic rings. The minimum Gasteiger partial charge on any atom is -0.375 e. The van der Waals surface area contributed by atoms with Gasteiger partial charge in [0, 0.05) is 7.05 Å². The number of nitrogens with one attached hydrogen (secondary N) is 1. The van der Waals surface area contributed by atoms with Crippen molar-refractivity contribution in [3.8, 4) is 0 Å². The van der Waals surface area contributed by atoms with Crippen molar-refractivity contribution < 1.29 is 8.78 Å². The number of anilines is 1. The second-order valence-corrected chi connectivity index (χ2v) is 3.90. The highest BCUT2D eigenvalue weighted by Gasteiger charge is 2.09. The van der Waals surface area contributed by atoms with E-state index < -0.39 is 11.6 Å². The maximum Gasteiger partial charge on any atom is 0.181 e. The van der Waals surface area contributed by atoms with Gasteiger partial charge >= 0.3 is 0 Å². The molecule has 0 fully saturated rings. The van der Waals surface area contributed by atoms with E-state index >= 15 is 0 Å². The van der Waals surface area contributed by atoms with Crippen LogP contribution in [0, 0.1) is 11.6 Å². The molecule has 0 bridgehead atoms. The molecule has 0 radical (unpaired) electrons. The fraction of sp³-hybridized carbons (Fsp3) is 0.182. The number of hydrogen-bond donors (Lipinski definition) is 1. The third-order valence-corrected chi connectivity index (χ3v) is 2.77. The molecule has 1 heterocycles. The number of hydrogen-bond acceptors (Lipinski definition) is 2. The summed E-state index contributed by atoms with van der Waals surface area (Å²) in [6.07, 6.45) is 1.50. The molecule has 0 unspecified atom stereocenters. The van der Waals surface area contributed by atoms with Gasteiger partial charge < -0.3 is 9.88 Å². The summed E-state index contributed by atoms with van der Waals surface area (Å²) in [5, 5.41) is 3.25. The second-order valence-electron chi connectivity index (χ2n) is 3.51. The summed E-state index contributed by atoms with van der Waals surface area (Å²) in [7, 11) is 1.74. The molecule has 0 atom stereocenters. The fourth-order valence-electron chi connectivity index (χ4n) is 1.40. The Morgan fingerprint density at radius 3 is 2.82 bits per heavy atom. The van der Waals surface area contributed by atoms with Gasteiger partial charge in [0.15, 0.2) is 11.6 Å². The maximum absolute atomic E-state index is 13.3. The van der Waals surface area contributed by atoms with Crippen LogP contribution >= 0.6 is 11.6 Å². The zero-order chi connectivity index (χ0) is 12.4. The molecule has 6 heteroatoms. The number of rotatable bonds is 3. The van der Waals surface area contributed by atoms with Gasteiger partial charge in [0.05, 0.1) is 18.4 Å². The molecular formula is C11H10ClF2N3. The SMILES string of the molecule is Cn1c(Cl)cnc1CNc1cccc(F)c1F. The smallest absolute Gasteiger partial charge is 0.181 e. The lowest BCUT2D eigenvalue weighted by Crippen LogP contribution is -2.07. The van der Waals surface area contributed by atoms with Crippen molar-refractivity contribution in [2.75, 3.05) is 5.32 Å². The summed E-state index contributed by atoms with van der Waals surface area (Å²) in [5.41, 5.74) is 0.101. The summed E-state index contributed by atoms with van der Waals surface area (Å²) in [5.74, 6) is -1.14. The summed E-state index contributed by atoms with van der Waals surface area (Å²) < 4.78 is 27.9. The summed E-state index contributed by atoms with van der Waals surface area (Å²) in [6.45, 7) is 0.267. The van der Waals surface area contributed by atoms with E-state index in [-0.39, 0.29) is 12.2 Å². The fourth-order valence-corrected chi connectivity index (χ4v) is 1.55. The van der Waals surface area contributed by atoms with Crippen LogP contribution < -0.4 is 5.32 Å². The largest absolute Gasteiger partial charge is 0.375 e. The molecule has 17 heavy (non-hydrogen) atoms. The van der Waals surface area contributed by atoms with E-state index in [4.69, 9.17) is 11.6 Å². The third kappa shape index (κ3) is 2.39. The van der Waals surface area contributed by atoms with Crippen molar-refractivity contribution >= 4 is 17.3 Å². The van der Waals surface area contributed by atoms with Crippen LogP contribution in [0.1, 0.15) is 5.82 Å². The van der Waals surface area contributed by atoms with Crippen LogP contribution in [0.25, 0.3) is 0 Å². The topological polar surface area (TPSA) is 29.9 Å². The van der Waals surface area contributed by atoms with Gasteiger partial charge in [0.25, 0.3) is 0 Å². The van der Waals surface area contributed by atoms with Crippen LogP contribution in [-0.2, 0) is 13.6 Å². The lowest BCUT2D eigenvalue weighted by atomic mass is 10.3. The second kappa shape index (κ2) is 4.71. The van der Waals surface area contributed by atoms with Crippen LogP contribution in [-0.4, -0.2) is 9.55 Å². The lowest BCUT2D eigenvalue weighted by molar-refractivity contribution is 0.510. The van der Waals surface area contributed by atoms with Crippen molar-refractivity contribution in [2.24, 2.45) is 7.05 Å².